The Morgan fingerprint density at radius 2 is 1.23 bits per heavy atom. The number of hydrogen-bond acceptors (Lipinski definition) is 24. The van der Waals surface area contributed by atoms with Gasteiger partial charge in [0.2, 0.25) is 47.3 Å². The lowest BCUT2D eigenvalue weighted by Gasteiger charge is -2.56. The highest BCUT2D eigenvalue weighted by atomic mass is 16.6. The maximum atomic E-state index is 14.9. The first-order valence-electron chi connectivity index (χ1n) is 41.0. The molecule has 2 aliphatic heterocycles. The molecule has 115 heavy (non-hydrogen) atoms. The third kappa shape index (κ3) is 22.6. The van der Waals surface area contributed by atoms with Crippen LogP contribution in [0.15, 0.2) is 58.6 Å². The Morgan fingerprint density at radius 1 is 0.626 bits per heavy atom. The summed E-state index contributed by atoms with van der Waals surface area (Å²) in [5.41, 5.74) is 4.49. The number of nitrogens with two attached hydrogens (primary N) is 1. The average molecular weight is 1610 g/mol. The number of benzene rings is 2. The van der Waals surface area contributed by atoms with E-state index in [9.17, 15) is 73.5 Å². The summed E-state index contributed by atoms with van der Waals surface area (Å²) in [6.07, 6.45) is 5.28. The third-order valence-corrected chi connectivity index (χ3v) is 24.7. The smallest absolute Gasteiger partial charge is 0.253 e. The first kappa shape index (κ1) is 90.9. The second-order valence-corrected chi connectivity index (χ2v) is 33.1. The molecular weight excluding hydrogens is 1490 g/mol. The largest absolute Gasteiger partial charge is 0.394 e. The summed E-state index contributed by atoms with van der Waals surface area (Å²) in [6.45, 7) is 15.1. The topological polar surface area (TPSA) is 465 Å². The summed E-state index contributed by atoms with van der Waals surface area (Å²) >= 11 is 0. The van der Waals surface area contributed by atoms with Crippen molar-refractivity contribution >= 4 is 76.2 Å². The number of fused-ring (bicyclic) bond motifs is 6. The Morgan fingerprint density at radius 3 is 1.83 bits per heavy atom. The molecule has 0 radical (unpaired) electrons. The van der Waals surface area contributed by atoms with Crippen molar-refractivity contribution < 1.29 is 102 Å². The lowest BCUT2D eigenvalue weighted by atomic mass is 9.49. The number of unbranched alkanes of at least 4 members (excludes halogenated alkanes) is 1. The van der Waals surface area contributed by atoms with Gasteiger partial charge in [-0.2, -0.15) is 5.10 Å². The number of nitrogens with zero attached hydrogens (tertiary/aromatic N) is 3. The summed E-state index contributed by atoms with van der Waals surface area (Å²) in [7, 11) is 0. The first-order chi connectivity index (χ1) is 54.9. The lowest BCUT2D eigenvalue weighted by molar-refractivity contribution is -0.226. The second-order valence-electron chi connectivity index (χ2n) is 33.1. The molecule has 1 saturated heterocycles. The molecule has 7 aliphatic rings. The number of hydrogen-bond donors (Lipinski definition) is 13. The highest BCUT2D eigenvalue weighted by Gasteiger charge is 2.59. The highest BCUT2D eigenvalue weighted by molar-refractivity contribution is 6.44. The molecule has 1 unspecified atom stereocenters. The minimum Gasteiger partial charge on any atom is -0.394 e. The van der Waals surface area contributed by atoms with Gasteiger partial charge in [0.15, 0.2) is 6.23 Å². The average Bonchev–Trinajstić information content (AvgIpc) is 1.32. The first-order valence-corrected chi connectivity index (χ1v) is 41.0. The van der Waals surface area contributed by atoms with Crippen LogP contribution in [0.2, 0.25) is 0 Å². The van der Waals surface area contributed by atoms with Crippen molar-refractivity contribution in [2.45, 2.75) is 249 Å². The predicted molar refractivity (Wildman–Crippen MR) is 423 cm³/mol. The number of amides is 10. The van der Waals surface area contributed by atoms with Crippen LogP contribution in [0.3, 0.4) is 0 Å². The Kier molecular flexibility index (Phi) is 33.1. The van der Waals surface area contributed by atoms with Crippen molar-refractivity contribution in [1.29, 1.82) is 0 Å². The van der Waals surface area contributed by atoms with Crippen LogP contribution >= 0.6 is 0 Å². The molecule has 14 N–H and O–H groups in total. The third-order valence-electron chi connectivity index (χ3n) is 24.7. The van der Waals surface area contributed by atoms with Gasteiger partial charge in [-0.15, -0.1) is 0 Å². The van der Waals surface area contributed by atoms with E-state index in [1.165, 1.54) is 35.8 Å². The fraction of sp³-hybridized carbons (Fsp3) is 0.687. The van der Waals surface area contributed by atoms with E-state index in [4.69, 9.17) is 34.3 Å². The maximum Gasteiger partial charge on any atom is 0.253 e. The minimum atomic E-state index is -1.66. The maximum absolute atomic E-state index is 14.9. The van der Waals surface area contributed by atoms with Crippen molar-refractivity contribution in [3.05, 3.63) is 76.4 Å². The van der Waals surface area contributed by atoms with E-state index >= 15 is 0 Å². The van der Waals surface area contributed by atoms with Crippen molar-refractivity contribution in [3.63, 3.8) is 0 Å². The van der Waals surface area contributed by atoms with Gasteiger partial charge in [0.1, 0.15) is 67.0 Å². The summed E-state index contributed by atoms with van der Waals surface area (Å²) in [6, 6.07) is 7.07. The standard InChI is InChI=1S/C83H123N11O21/c1-49(2)68(76(107)86-51(4)73(104)89-59(46-95)75(106)87-54-24-21-53-23-26-63-81(6,56(53)45-54)31-15-33-83(63,8)79(109)92-78(108)82(7)32-14-30-80(5)55-44-50(3)19-20-52(55)22-25-62(80)82)91-74(105)58(88-64(97)29-36-110-38-40-112-42-43-113-41-39-111-37-35-94-66(99)27-28-67(94)100)17-12-13-34-85-65(98)48-114-60-18-11-9-10-16-57(69(60)93-84)90-77-72(103)71(102)70(101)61(47-96)115-77/h19-21,24,27-28,44-45,49,51,58-63,68,70-72,77,95-96,101-103H,9-18,22-23,25-26,29-43,46-48,84H2,1-8H3,(H,85,98)(H,86,107)(H,87,106)(H,88,97)(H,89,104)(H,91,105)(H,92,108,109)/t51-,58+,59-,60?,61+,62+,63+,68-,70-,71-,72+,77+,80+,81+,82-,83-/m0/s1. The monoisotopic (exact) mass is 1610 g/mol. The number of hydrazone groups is 1. The zero-order valence-corrected chi connectivity index (χ0v) is 67.9. The van der Waals surface area contributed by atoms with Gasteiger partial charge in [-0.3, -0.25) is 63.2 Å². The van der Waals surface area contributed by atoms with E-state index in [0.717, 1.165) is 67.4 Å². The predicted octanol–water partition coefficient (Wildman–Crippen LogP) is 2.48. The summed E-state index contributed by atoms with van der Waals surface area (Å²) in [5, 5.41) is 75.1. The molecule has 4 fully saturated rings. The van der Waals surface area contributed by atoms with Crippen LogP contribution in [0.25, 0.3) is 0 Å². The van der Waals surface area contributed by atoms with Gasteiger partial charge in [0.05, 0.1) is 89.2 Å². The van der Waals surface area contributed by atoms with E-state index in [2.05, 4.69) is 93.2 Å². The van der Waals surface area contributed by atoms with Gasteiger partial charge in [-0.1, -0.05) is 97.1 Å². The molecule has 2 aromatic carbocycles. The normalized spacial score (nSPS) is 28.3. The number of carbonyl (C=O) groups is 10. The minimum absolute atomic E-state index is 0.0406. The fourth-order valence-corrected chi connectivity index (χ4v) is 18.2. The molecule has 2 aromatic rings. The zero-order valence-electron chi connectivity index (χ0n) is 67.9. The molecule has 5 aliphatic carbocycles. The molecule has 3 saturated carbocycles. The van der Waals surface area contributed by atoms with Gasteiger partial charge >= 0.3 is 0 Å². The number of anilines is 1. The van der Waals surface area contributed by atoms with Gasteiger partial charge in [-0.25, -0.2) is 0 Å². The SMILES string of the molecule is Cc1ccc2c(c1)[C@@]1(C)CCC[C@](C)(C(=O)NC(=O)[C@@]3(C)CCC[C@]4(C)c5cc(NC(=O)[C@H](CO)NC(=O)[C@H](C)NC(=O)[C@@H](NC(=O)[C@@H](CCCCNC(=O)COC6CCCCCC(=N[C@@H]7O[C@H](CO)[C@H](O)[C@H](O)[C@H]7O)C6=NN)NC(=O)CCOCCOCCOCCOCCN6C(=O)C=CC6=O)C(C)C)ccc5CC[C@@H]34)[C@@H]1CC2. The van der Waals surface area contributed by atoms with Crippen molar-refractivity contribution in [2.24, 2.45) is 44.5 Å². The fourth-order valence-electron chi connectivity index (χ4n) is 18.2. The molecule has 32 heteroatoms. The van der Waals surface area contributed by atoms with E-state index < -0.39 is 138 Å². The molecule has 0 bridgehead atoms. The number of rotatable bonds is 38. The van der Waals surface area contributed by atoms with E-state index in [-0.39, 0.29) is 132 Å². The second kappa shape index (κ2) is 41.9. The van der Waals surface area contributed by atoms with Gasteiger partial charge < -0.3 is 91.7 Å². The number of aliphatic hydroxyl groups excluding tert-OH is 5. The van der Waals surface area contributed by atoms with Gasteiger partial charge in [0.25, 0.3) is 11.8 Å². The highest BCUT2D eigenvalue weighted by Crippen LogP contribution is 2.60. The van der Waals surface area contributed by atoms with E-state index in [1.807, 2.05) is 19.1 Å². The molecule has 0 spiro atoms. The number of nitrogens with one attached hydrogen (secondary N) is 7. The van der Waals surface area contributed by atoms with E-state index in [0.29, 0.717) is 62.8 Å². The quantitative estimate of drug-likeness (QED) is 0.0199. The molecular formula is C83H123N11O21. The van der Waals surface area contributed by atoms with Gasteiger partial charge in [-0.05, 0) is 167 Å². The Balaban J connectivity index is 0.760. The molecule has 32 nitrogen and oxygen atoms in total. The Bertz CT molecular complexity index is 3840. The summed E-state index contributed by atoms with van der Waals surface area (Å²) in [4.78, 5) is 142. The van der Waals surface area contributed by atoms with Crippen LogP contribution in [-0.4, -0.2) is 248 Å². The molecule has 636 valence electrons. The van der Waals surface area contributed by atoms with Crippen molar-refractivity contribution in [1.82, 2.24) is 36.8 Å². The summed E-state index contributed by atoms with van der Waals surface area (Å²) in [5.74, 6) is -0.0907. The number of imide groups is 2. The molecule has 9 rings (SSSR count). The van der Waals surface area contributed by atoms with Crippen molar-refractivity contribution in [2.75, 3.05) is 91.1 Å². The van der Waals surface area contributed by atoms with Crippen molar-refractivity contribution in [3.8, 4) is 0 Å². The number of aliphatic imine (C=N–C) groups is 1. The van der Waals surface area contributed by atoms with Crippen LogP contribution < -0.4 is 43.1 Å². The molecule has 16 atom stereocenters. The number of aliphatic hydroxyl groups is 5. The zero-order chi connectivity index (χ0) is 83.4. The summed E-state index contributed by atoms with van der Waals surface area (Å²) < 4.78 is 33.8. The van der Waals surface area contributed by atoms with Crippen LogP contribution in [0.1, 0.15) is 185 Å². The van der Waals surface area contributed by atoms with Crippen LogP contribution in [-0.2, 0) is 100 Å². The van der Waals surface area contributed by atoms with Crippen LogP contribution in [0.4, 0.5) is 5.69 Å². The van der Waals surface area contributed by atoms with E-state index in [1.54, 1.807) is 19.9 Å². The lowest BCUT2D eigenvalue weighted by Crippen LogP contribution is -2.60. The Hall–Kier alpha value is -8.02. The number of carbonyl (C=O) groups excluding carboxylic acids is 10. The molecule has 10 amide bonds. The molecule has 2 heterocycles. The van der Waals surface area contributed by atoms with Crippen LogP contribution in [0, 0.1) is 35.5 Å². The molecule has 0 aromatic heterocycles. The number of ether oxygens (including phenoxy) is 6. The van der Waals surface area contributed by atoms with Gasteiger partial charge in [0, 0.05) is 30.8 Å². The van der Waals surface area contributed by atoms with Crippen LogP contribution in [0.5, 0.6) is 0 Å². The number of aryl methyl sites for hydroxylation is 3. The Labute approximate surface area is 673 Å².